The van der Waals surface area contributed by atoms with Gasteiger partial charge in [0.25, 0.3) is 5.91 Å². The number of benzene rings is 1. The van der Waals surface area contributed by atoms with Crippen molar-refractivity contribution in [1.29, 1.82) is 0 Å². The molecule has 1 fully saturated rings. The molecule has 0 N–H and O–H groups in total. The van der Waals surface area contributed by atoms with Crippen molar-refractivity contribution in [3.8, 4) is 17.1 Å². The highest BCUT2D eigenvalue weighted by Gasteiger charge is 2.36. The van der Waals surface area contributed by atoms with Crippen LogP contribution < -0.4 is 4.74 Å². The molecule has 1 amide bonds. The number of alkyl halides is 3. The smallest absolute Gasteiger partial charge is 0.437 e. The molecule has 4 heterocycles. The molecule has 1 saturated heterocycles. The van der Waals surface area contributed by atoms with E-state index in [0.717, 1.165) is 18.2 Å². The first-order chi connectivity index (χ1) is 17.3. The van der Waals surface area contributed by atoms with Crippen molar-refractivity contribution in [2.24, 2.45) is 13.0 Å². The third-order valence-electron chi connectivity index (χ3n) is 6.15. The minimum absolute atomic E-state index is 0.0471. The first kappa shape index (κ1) is 23.7. The molecule has 11 heteroatoms. The van der Waals surface area contributed by atoms with E-state index in [1.54, 1.807) is 9.47 Å². The molecule has 0 spiro atoms. The number of ether oxygens (including phenoxy) is 1. The lowest BCUT2D eigenvalue weighted by atomic mass is 9.98. The van der Waals surface area contributed by atoms with Crippen LogP contribution in [-0.2, 0) is 13.2 Å². The molecule has 0 radical (unpaired) electrons. The molecule has 1 aliphatic rings. The summed E-state index contributed by atoms with van der Waals surface area (Å²) >= 11 is 0. The zero-order chi connectivity index (χ0) is 25.3. The van der Waals surface area contributed by atoms with Crippen molar-refractivity contribution < 1.29 is 22.7 Å². The SMILES string of the molecule is Cn1c(-c2ccccc2)nc2ncc(C(=O)N3CCCC(COc4cccnc4C(F)(F)F)C3)nc21. The van der Waals surface area contributed by atoms with E-state index in [2.05, 4.69) is 19.9 Å². The van der Waals surface area contributed by atoms with Gasteiger partial charge in [-0.15, -0.1) is 0 Å². The topological polar surface area (TPSA) is 86.0 Å². The highest BCUT2D eigenvalue weighted by atomic mass is 19.4. The molecule has 186 valence electrons. The number of likely N-dealkylation sites (tertiary alicyclic amines) is 1. The zero-order valence-corrected chi connectivity index (χ0v) is 19.4. The van der Waals surface area contributed by atoms with E-state index in [-0.39, 0.29) is 29.9 Å². The Morgan fingerprint density at radius 2 is 1.92 bits per heavy atom. The summed E-state index contributed by atoms with van der Waals surface area (Å²) < 4.78 is 46.9. The van der Waals surface area contributed by atoms with Crippen LogP contribution in [0.15, 0.2) is 54.9 Å². The number of aromatic nitrogens is 5. The van der Waals surface area contributed by atoms with E-state index in [4.69, 9.17) is 4.74 Å². The minimum Gasteiger partial charge on any atom is -0.491 e. The van der Waals surface area contributed by atoms with Gasteiger partial charge in [0, 0.05) is 37.8 Å². The Morgan fingerprint density at radius 1 is 1.11 bits per heavy atom. The van der Waals surface area contributed by atoms with Crippen LogP contribution in [0.5, 0.6) is 5.75 Å². The van der Waals surface area contributed by atoms with Gasteiger partial charge in [0.1, 0.15) is 17.3 Å². The van der Waals surface area contributed by atoms with Gasteiger partial charge >= 0.3 is 6.18 Å². The first-order valence-electron chi connectivity index (χ1n) is 11.5. The molecule has 1 atom stereocenters. The van der Waals surface area contributed by atoms with Crippen LogP contribution in [0, 0.1) is 5.92 Å². The Kier molecular flexibility index (Phi) is 6.29. The van der Waals surface area contributed by atoms with E-state index in [1.807, 2.05) is 37.4 Å². The minimum atomic E-state index is -4.60. The summed E-state index contributed by atoms with van der Waals surface area (Å²) in [6.07, 6.45) is -0.664. The van der Waals surface area contributed by atoms with E-state index in [1.165, 1.54) is 18.3 Å². The van der Waals surface area contributed by atoms with Gasteiger partial charge in [-0.1, -0.05) is 30.3 Å². The normalized spacial score (nSPS) is 16.3. The van der Waals surface area contributed by atoms with Crippen LogP contribution in [0.3, 0.4) is 0 Å². The summed E-state index contributed by atoms with van der Waals surface area (Å²) in [5.41, 5.74) is 0.984. The van der Waals surface area contributed by atoms with Gasteiger partial charge in [-0.25, -0.2) is 19.9 Å². The van der Waals surface area contributed by atoms with Crippen LogP contribution in [-0.4, -0.2) is 55.0 Å². The van der Waals surface area contributed by atoms with Gasteiger partial charge in [0.05, 0.1) is 12.8 Å². The van der Waals surface area contributed by atoms with Gasteiger partial charge < -0.3 is 14.2 Å². The average Bonchev–Trinajstić information content (AvgIpc) is 3.23. The fourth-order valence-corrected chi connectivity index (χ4v) is 4.38. The van der Waals surface area contributed by atoms with E-state index >= 15 is 0 Å². The van der Waals surface area contributed by atoms with Gasteiger partial charge in [0.2, 0.25) is 0 Å². The van der Waals surface area contributed by atoms with Crippen molar-refractivity contribution in [2.75, 3.05) is 19.7 Å². The third kappa shape index (κ3) is 4.73. The number of imidazole rings is 1. The molecule has 1 aliphatic heterocycles. The average molecular weight is 496 g/mol. The van der Waals surface area contributed by atoms with E-state index in [0.29, 0.717) is 36.6 Å². The van der Waals surface area contributed by atoms with Gasteiger partial charge in [-0.2, -0.15) is 13.2 Å². The largest absolute Gasteiger partial charge is 0.491 e. The second-order valence-corrected chi connectivity index (χ2v) is 8.68. The van der Waals surface area contributed by atoms with Crippen molar-refractivity contribution in [1.82, 2.24) is 29.4 Å². The number of hydrogen-bond acceptors (Lipinski definition) is 6. The van der Waals surface area contributed by atoms with Gasteiger partial charge in [-0.3, -0.25) is 4.79 Å². The predicted molar refractivity (Wildman–Crippen MR) is 125 cm³/mol. The Hall–Kier alpha value is -4.02. The Balaban J connectivity index is 1.30. The fraction of sp³-hybridized carbons (Fsp3) is 0.320. The third-order valence-corrected chi connectivity index (χ3v) is 6.15. The number of piperidine rings is 1. The second-order valence-electron chi connectivity index (χ2n) is 8.68. The number of nitrogens with zero attached hydrogens (tertiary/aromatic N) is 6. The molecule has 4 aromatic rings. The van der Waals surface area contributed by atoms with Crippen LogP contribution in [0.25, 0.3) is 22.7 Å². The molecular weight excluding hydrogens is 473 g/mol. The number of amides is 1. The molecule has 0 aliphatic carbocycles. The number of pyridine rings is 1. The Bertz CT molecular complexity index is 1390. The second kappa shape index (κ2) is 9.56. The van der Waals surface area contributed by atoms with E-state index < -0.39 is 11.9 Å². The molecule has 1 unspecified atom stereocenters. The van der Waals surface area contributed by atoms with Crippen molar-refractivity contribution >= 4 is 17.2 Å². The summed E-state index contributed by atoms with van der Waals surface area (Å²) in [5.74, 6) is -0.0230. The lowest BCUT2D eigenvalue weighted by Gasteiger charge is -2.32. The predicted octanol–water partition coefficient (Wildman–Crippen LogP) is 4.38. The Morgan fingerprint density at radius 3 is 2.69 bits per heavy atom. The van der Waals surface area contributed by atoms with Crippen molar-refractivity contribution in [3.05, 3.63) is 66.2 Å². The molecule has 8 nitrogen and oxygen atoms in total. The fourth-order valence-electron chi connectivity index (χ4n) is 4.38. The summed E-state index contributed by atoms with van der Waals surface area (Å²) in [6.45, 7) is 0.919. The molecule has 36 heavy (non-hydrogen) atoms. The monoisotopic (exact) mass is 496 g/mol. The number of rotatable bonds is 5. The summed E-state index contributed by atoms with van der Waals surface area (Å²) in [5, 5.41) is 0. The molecule has 3 aromatic heterocycles. The summed E-state index contributed by atoms with van der Waals surface area (Å²) in [7, 11) is 1.82. The zero-order valence-electron chi connectivity index (χ0n) is 19.4. The molecule has 5 rings (SSSR count). The number of fused-ring (bicyclic) bond motifs is 1. The molecular formula is C25H23F3N6O2. The Labute approximate surface area is 204 Å². The standard InChI is InChI=1S/C25H23F3N6O2/c1-33-22(17-8-3-2-4-9-17)32-21-23(33)31-18(13-30-21)24(35)34-12-6-7-16(14-34)15-36-19-10-5-11-29-20(19)25(26,27)28/h2-5,8-11,13,16H,6-7,12,14-15H2,1H3. The van der Waals surface area contributed by atoms with Crippen LogP contribution in [0.4, 0.5) is 13.2 Å². The number of carbonyl (C=O) groups excluding carboxylic acids is 1. The number of aryl methyl sites for hydroxylation is 1. The van der Waals surface area contributed by atoms with Gasteiger partial charge in [-0.05, 0) is 25.0 Å². The summed E-state index contributed by atoms with van der Waals surface area (Å²) in [6, 6.07) is 12.3. The number of halogens is 3. The van der Waals surface area contributed by atoms with Crippen LogP contribution in [0.2, 0.25) is 0 Å². The van der Waals surface area contributed by atoms with Crippen LogP contribution in [0.1, 0.15) is 29.0 Å². The number of carbonyl (C=O) groups is 1. The highest BCUT2D eigenvalue weighted by Crippen LogP contribution is 2.34. The highest BCUT2D eigenvalue weighted by molar-refractivity contribution is 5.93. The quantitative estimate of drug-likeness (QED) is 0.408. The van der Waals surface area contributed by atoms with Gasteiger partial charge in [0.15, 0.2) is 17.0 Å². The van der Waals surface area contributed by atoms with E-state index in [9.17, 15) is 18.0 Å². The molecule has 0 saturated carbocycles. The summed E-state index contributed by atoms with van der Waals surface area (Å²) in [4.78, 5) is 31.7. The van der Waals surface area contributed by atoms with Crippen molar-refractivity contribution in [3.63, 3.8) is 0 Å². The molecule has 0 bridgehead atoms. The maximum atomic E-state index is 13.2. The number of hydrogen-bond donors (Lipinski definition) is 0. The maximum Gasteiger partial charge on any atom is 0.437 e. The molecule has 1 aromatic carbocycles. The maximum absolute atomic E-state index is 13.2. The first-order valence-corrected chi connectivity index (χ1v) is 11.5. The van der Waals surface area contributed by atoms with Crippen molar-refractivity contribution in [2.45, 2.75) is 19.0 Å². The van der Waals surface area contributed by atoms with Crippen LogP contribution >= 0.6 is 0 Å². The lowest BCUT2D eigenvalue weighted by Crippen LogP contribution is -2.42. The lowest BCUT2D eigenvalue weighted by molar-refractivity contribution is -0.142.